The Morgan fingerprint density at radius 3 is 2.86 bits per heavy atom. The highest BCUT2D eigenvalue weighted by Crippen LogP contribution is 2.15. The van der Waals surface area contributed by atoms with Gasteiger partial charge in [-0.15, -0.1) is 0 Å². The van der Waals surface area contributed by atoms with Crippen molar-refractivity contribution in [2.75, 3.05) is 13.2 Å². The summed E-state index contributed by atoms with van der Waals surface area (Å²) in [6.07, 6.45) is 7.79. The average molecular weight is 323 g/mol. The zero-order chi connectivity index (χ0) is 15.6. The van der Waals surface area contributed by atoms with Gasteiger partial charge in [-0.3, -0.25) is 4.21 Å². The monoisotopic (exact) mass is 323 g/mol. The minimum Gasteiger partial charge on any atom is -0.772 e. The van der Waals surface area contributed by atoms with E-state index in [9.17, 15) is 8.76 Å². The van der Waals surface area contributed by atoms with Crippen LogP contribution in [0.5, 0.6) is 0 Å². The molecule has 0 aromatic heterocycles. The molecule has 122 valence electrons. The predicted octanol–water partition coefficient (Wildman–Crippen LogP) is 3.27. The molecule has 0 bridgehead atoms. The third-order valence-corrected chi connectivity index (χ3v) is 4.63. The first kappa shape index (κ1) is 17.3. The Morgan fingerprint density at radius 2 is 2.18 bits per heavy atom. The lowest BCUT2D eigenvalue weighted by Gasteiger charge is -2.24. The second-order valence-electron chi connectivity index (χ2n) is 5.39. The van der Waals surface area contributed by atoms with Crippen LogP contribution in [0.1, 0.15) is 37.7 Å². The topological polar surface area (TPSA) is 58.6 Å². The fourth-order valence-corrected chi connectivity index (χ4v) is 2.94. The van der Waals surface area contributed by atoms with Crippen molar-refractivity contribution in [2.45, 2.75) is 43.6 Å². The Kier molecular flexibility index (Phi) is 7.80. The van der Waals surface area contributed by atoms with E-state index in [0.717, 1.165) is 31.4 Å². The largest absolute Gasteiger partial charge is 0.772 e. The lowest BCUT2D eigenvalue weighted by Crippen LogP contribution is -2.25. The predicted molar refractivity (Wildman–Crippen MR) is 87.0 cm³/mol. The zero-order valence-electron chi connectivity index (χ0n) is 12.7. The van der Waals surface area contributed by atoms with Crippen LogP contribution in [0.15, 0.2) is 36.4 Å². The smallest absolute Gasteiger partial charge is 0.157 e. The van der Waals surface area contributed by atoms with E-state index in [2.05, 4.69) is 0 Å². The van der Waals surface area contributed by atoms with E-state index in [4.69, 9.17) is 9.47 Å². The van der Waals surface area contributed by atoms with Gasteiger partial charge in [0.2, 0.25) is 0 Å². The molecule has 4 nitrogen and oxygen atoms in total. The molecule has 0 aliphatic carbocycles. The maximum absolute atomic E-state index is 11.3. The van der Waals surface area contributed by atoms with Crippen LogP contribution in [-0.4, -0.2) is 33.5 Å². The van der Waals surface area contributed by atoms with Crippen molar-refractivity contribution < 1.29 is 18.2 Å². The highest BCUT2D eigenvalue weighted by atomic mass is 32.2. The van der Waals surface area contributed by atoms with Crippen molar-refractivity contribution in [1.82, 2.24) is 0 Å². The summed E-state index contributed by atoms with van der Waals surface area (Å²) in [4.78, 5) is 0. The van der Waals surface area contributed by atoms with Gasteiger partial charge in [-0.05, 0) is 37.7 Å². The standard InChI is InChI=1S/C17H24O4S/c18-22(19)16(10-6-9-15-7-2-1-3-8-15)12-14-21-17-11-4-5-13-20-17/h1-3,6-9,16-17H,4-5,10-14H2,(H,18,19)/p-1. The van der Waals surface area contributed by atoms with Crippen LogP contribution in [0.3, 0.4) is 0 Å². The first-order chi connectivity index (χ1) is 10.8. The third-order valence-electron chi connectivity index (χ3n) is 3.66. The first-order valence-electron chi connectivity index (χ1n) is 7.78. The summed E-state index contributed by atoms with van der Waals surface area (Å²) in [7, 11) is 0. The average Bonchev–Trinajstić information content (AvgIpc) is 2.55. The fraction of sp³-hybridized carbons (Fsp3) is 0.529. The number of ether oxygens (including phenoxy) is 2. The van der Waals surface area contributed by atoms with E-state index in [1.807, 2.05) is 42.5 Å². The molecule has 1 aromatic carbocycles. The van der Waals surface area contributed by atoms with Crippen LogP contribution in [0.4, 0.5) is 0 Å². The van der Waals surface area contributed by atoms with E-state index in [-0.39, 0.29) is 6.29 Å². The van der Waals surface area contributed by atoms with Crippen molar-refractivity contribution in [1.29, 1.82) is 0 Å². The summed E-state index contributed by atoms with van der Waals surface area (Å²) >= 11 is -2.09. The van der Waals surface area contributed by atoms with Crippen LogP contribution < -0.4 is 0 Å². The zero-order valence-corrected chi connectivity index (χ0v) is 13.5. The number of rotatable bonds is 8. The van der Waals surface area contributed by atoms with Gasteiger partial charge in [-0.25, -0.2) is 0 Å². The minimum atomic E-state index is -2.09. The maximum Gasteiger partial charge on any atom is 0.157 e. The molecule has 22 heavy (non-hydrogen) atoms. The normalized spacial score (nSPS) is 21.8. The second kappa shape index (κ2) is 9.90. The van der Waals surface area contributed by atoms with Gasteiger partial charge in [-0.1, -0.05) is 53.6 Å². The summed E-state index contributed by atoms with van der Waals surface area (Å²) in [5.41, 5.74) is 1.07. The van der Waals surface area contributed by atoms with Gasteiger partial charge in [0.05, 0.1) is 6.61 Å². The Morgan fingerprint density at radius 1 is 1.36 bits per heavy atom. The summed E-state index contributed by atoms with van der Waals surface area (Å²) in [5, 5.41) is -0.413. The Balaban J connectivity index is 1.72. The van der Waals surface area contributed by atoms with Gasteiger partial charge in [0, 0.05) is 11.9 Å². The number of allylic oxidation sites excluding steroid dienone is 1. The maximum atomic E-state index is 11.3. The van der Waals surface area contributed by atoms with Gasteiger partial charge >= 0.3 is 0 Å². The Labute approximate surface area is 134 Å². The third kappa shape index (κ3) is 6.40. The van der Waals surface area contributed by atoms with Crippen LogP contribution in [0.2, 0.25) is 0 Å². The highest BCUT2D eigenvalue weighted by molar-refractivity contribution is 7.79. The molecule has 3 atom stereocenters. The molecule has 0 amide bonds. The molecule has 0 saturated carbocycles. The molecule has 0 N–H and O–H groups in total. The summed E-state index contributed by atoms with van der Waals surface area (Å²) in [6.45, 7) is 1.16. The molecule has 1 fully saturated rings. The molecule has 2 rings (SSSR count). The molecule has 3 unspecified atom stereocenters. The van der Waals surface area contributed by atoms with Gasteiger partial charge in [0.1, 0.15) is 0 Å². The van der Waals surface area contributed by atoms with Crippen molar-refractivity contribution in [3.05, 3.63) is 42.0 Å². The Bertz CT molecular complexity index is 469. The van der Waals surface area contributed by atoms with E-state index in [0.29, 0.717) is 19.4 Å². The van der Waals surface area contributed by atoms with Crippen LogP contribution >= 0.6 is 0 Å². The number of hydrogen-bond acceptors (Lipinski definition) is 4. The van der Waals surface area contributed by atoms with E-state index in [1.165, 1.54) is 0 Å². The molecule has 1 heterocycles. The van der Waals surface area contributed by atoms with Crippen LogP contribution in [-0.2, 0) is 20.6 Å². The Hall–Kier alpha value is -1.01. The molecule has 1 aliphatic heterocycles. The van der Waals surface area contributed by atoms with Crippen LogP contribution in [0, 0.1) is 0 Å². The van der Waals surface area contributed by atoms with E-state index in [1.54, 1.807) is 0 Å². The molecule has 0 radical (unpaired) electrons. The molecule has 1 aromatic rings. The number of benzene rings is 1. The van der Waals surface area contributed by atoms with E-state index >= 15 is 0 Å². The molecule has 1 saturated heterocycles. The van der Waals surface area contributed by atoms with Gasteiger partial charge < -0.3 is 14.0 Å². The van der Waals surface area contributed by atoms with Crippen molar-refractivity contribution in [3.8, 4) is 0 Å². The SMILES string of the molecule is O=S([O-])C(CC=Cc1ccccc1)CCOC1CCCCO1. The number of hydrogen-bond donors (Lipinski definition) is 0. The van der Waals surface area contributed by atoms with Gasteiger partial charge in [0.15, 0.2) is 6.29 Å². The molecule has 1 aliphatic rings. The second-order valence-corrected chi connectivity index (χ2v) is 6.57. The molecule has 5 heteroatoms. The van der Waals surface area contributed by atoms with Crippen molar-refractivity contribution in [2.24, 2.45) is 0 Å². The lowest BCUT2D eigenvalue weighted by molar-refractivity contribution is -0.162. The van der Waals surface area contributed by atoms with Gasteiger partial charge in [0.25, 0.3) is 0 Å². The van der Waals surface area contributed by atoms with Crippen molar-refractivity contribution >= 4 is 17.2 Å². The molecular weight excluding hydrogens is 300 g/mol. The minimum absolute atomic E-state index is 0.158. The lowest BCUT2D eigenvalue weighted by atomic mass is 10.1. The molecular formula is C17H23O4S-. The van der Waals surface area contributed by atoms with Crippen LogP contribution in [0.25, 0.3) is 6.08 Å². The first-order valence-corrected chi connectivity index (χ1v) is 8.92. The summed E-state index contributed by atoms with van der Waals surface area (Å²) in [5.74, 6) is 0. The molecule has 0 spiro atoms. The van der Waals surface area contributed by atoms with Crippen molar-refractivity contribution in [3.63, 3.8) is 0 Å². The fourth-order valence-electron chi connectivity index (χ4n) is 2.39. The van der Waals surface area contributed by atoms with Gasteiger partial charge in [-0.2, -0.15) is 0 Å². The highest BCUT2D eigenvalue weighted by Gasteiger charge is 2.15. The quantitative estimate of drug-likeness (QED) is 0.689. The summed E-state index contributed by atoms with van der Waals surface area (Å²) < 4.78 is 33.7. The van der Waals surface area contributed by atoms with E-state index < -0.39 is 16.3 Å². The summed E-state index contributed by atoms with van der Waals surface area (Å²) in [6, 6.07) is 9.85.